The highest BCUT2D eigenvalue weighted by molar-refractivity contribution is 5.89. The minimum Gasteiger partial charge on any atom is -0.497 e. The molecule has 0 bridgehead atoms. The van der Waals surface area contributed by atoms with E-state index in [-0.39, 0.29) is 5.56 Å². The van der Waals surface area contributed by atoms with E-state index in [9.17, 15) is 39.0 Å². The van der Waals surface area contributed by atoms with Gasteiger partial charge in [0.25, 0.3) is 0 Å². The van der Waals surface area contributed by atoms with E-state index in [2.05, 4.69) is 0 Å². The maximum atomic E-state index is 13.2. The Morgan fingerprint density at radius 1 is 0.745 bits per heavy atom. The molecule has 51 heavy (non-hydrogen) atoms. The van der Waals surface area contributed by atoms with Gasteiger partial charge in [0.1, 0.15) is 42.9 Å². The van der Waals surface area contributed by atoms with Crippen LogP contribution in [0.4, 0.5) is 0 Å². The van der Waals surface area contributed by atoms with Gasteiger partial charge in [-0.2, -0.15) is 0 Å². The van der Waals surface area contributed by atoms with Crippen molar-refractivity contribution in [3.05, 3.63) is 42.2 Å². The van der Waals surface area contributed by atoms with Crippen molar-refractivity contribution < 1.29 is 86.3 Å². The average Bonchev–Trinajstić information content (AvgIpc) is 3.27. The van der Waals surface area contributed by atoms with Crippen LogP contribution in [0.25, 0.3) is 0 Å². The van der Waals surface area contributed by atoms with Gasteiger partial charge in [-0.3, -0.25) is 24.0 Å². The third-order valence-electron chi connectivity index (χ3n) is 8.29. The number of hydrogen-bond acceptors (Lipinski definition) is 18. The molecule has 1 aromatic rings. The zero-order valence-electron chi connectivity index (χ0n) is 28.6. The molecule has 3 aliphatic rings. The second-order valence-corrected chi connectivity index (χ2v) is 12.0. The zero-order chi connectivity index (χ0) is 37.6. The van der Waals surface area contributed by atoms with Gasteiger partial charge in [-0.15, -0.1) is 0 Å². The normalized spacial score (nSPS) is 32.3. The highest BCUT2D eigenvalue weighted by atomic mass is 16.8. The number of methoxy groups -OCH3 is 1. The first-order chi connectivity index (χ1) is 24.0. The van der Waals surface area contributed by atoms with Crippen molar-refractivity contribution in [2.45, 2.75) is 89.4 Å². The molecule has 2 N–H and O–H groups in total. The predicted octanol–water partition coefficient (Wildman–Crippen LogP) is 0.0914. The van der Waals surface area contributed by atoms with Crippen LogP contribution in [0.1, 0.15) is 45.0 Å². The first-order valence-electron chi connectivity index (χ1n) is 15.7. The monoisotopic (exact) mass is 724 g/mol. The zero-order valence-corrected chi connectivity index (χ0v) is 28.6. The summed E-state index contributed by atoms with van der Waals surface area (Å²) in [6, 6.07) is 5.91. The van der Waals surface area contributed by atoms with Gasteiger partial charge in [-0.1, -0.05) is 0 Å². The van der Waals surface area contributed by atoms with E-state index in [0.717, 1.165) is 40.9 Å². The Hall–Kier alpha value is -4.78. The summed E-state index contributed by atoms with van der Waals surface area (Å²) in [5, 5.41) is 23.5. The summed E-state index contributed by atoms with van der Waals surface area (Å²) in [5.74, 6) is -6.99. The molecular formula is C33H40O18. The van der Waals surface area contributed by atoms with E-state index in [1.807, 2.05) is 0 Å². The second-order valence-electron chi connectivity index (χ2n) is 12.0. The Kier molecular flexibility index (Phi) is 12.6. The number of benzene rings is 1. The number of fused-ring (bicyclic) bond motifs is 1. The Balaban J connectivity index is 1.72. The van der Waals surface area contributed by atoms with E-state index in [0.29, 0.717) is 5.75 Å². The molecule has 2 aliphatic heterocycles. The summed E-state index contributed by atoms with van der Waals surface area (Å²) >= 11 is 0. The lowest BCUT2D eigenvalue weighted by Crippen LogP contribution is -2.64. The molecule has 2 fully saturated rings. The maximum Gasteiger partial charge on any atom is 0.338 e. The molecule has 1 saturated carbocycles. The Bertz CT molecular complexity index is 1490. The predicted molar refractivity (Wildman–Crippen MR) is 164 cm³/mol. The fourth-order valence-corrected chi connectivity index (χ4v) is 6.18. The van der Waals surface area contributed by atoms with E-state index in [1.165, 1.54) is 37.5 Å². The van der Waals surface area contributed by atoms with Crippen molar-refractivity contribution in [1.29, 1.82) is 0 Å². The van der Waals surface area contributed by atoms with Crippen molar-refractivity contribution in [3.8, 4) is 5.75 Å². The van der Waals surface area contributed by atoms with Gasteiger partial charge in [-0.25, -0.2) is 4.79 Å². The molecular weight excluding hydrogens is 684 g/mol. The SMILES string of the molecule is COc1ccc(C(=O)O[C@H]2[C@@H]3C=CO[C@H](O[C@@H]4O[C@H](COC(C)=O)[C@@H](OC(C)=O)[C@H](OC(C)=O)[C@H]4OC(C)=O)[C@@H]3[C@@](O)(COC(C)=O)[C@@H]2O)cc1. The van der Waals surface area contributed by atoms with Crippen LogP contribution in [0.3, 0.4) is 0 Å². The molecule has 0 aromatic heterocycles. The van der Waals surface area contributed by atoms with Crippen molar-refractivity contribution in [3.63, 3.8) is 0 Å². The first kappa shape index (κ1) is 39.0. The van der Waals surface area contributed by atoms with Gasteiger partial charge in [0.05, 0.1) is 24.9 Å². The third kappa shape index (κ3) is 9.12. The molecule has 0 amide bonds. The van der Waals surface area contributed by atoms with Crippen LogP contribution < -0.4 is 4.74 Å². The molecule has 18 heteroatoms. The smallest absolute Gasteiger partial charge is 0.338 e. The van der Waals surface area contributed by atoms with Crippen LogP contribution in [0.5, 0.6) is 5.75 Å². The van der Waals surface area contributed by atoms with Gasteiger partial charge in [-0.05, 0) is 30.3 Å². The summed E-state index contributed by atoms with van der Waals surface area (Å²) < 4.78 is 55.2. The van der Waals surface area contributed by atoms with Crippen LogP contribution in [-0.2, 0) is 66.6 Å². The number of rotatable bonds is 12. The fourth-order valence-electron chi connectivity index (χ4n) is 6.18. The molecule has 1 saturated heterocycles. The molecule has 4 rings (SSSR count). The molecule has 1 aliphatic carbocycles. The van der Waals surface area contributed by atoms with Gasteiger partial charge in [0, 0.05) is 40.5 Å². The Morgan fingerprint density at radius 3 is 1.90 bits per heavy atom. The van der Waals surface area contributed by atoms with E-state index in [1.54, 1.807) is 0 Å². The Morgan fingerprint density at radius 2 is 1.33 bits per heavy atom. The highest BCUT2D eigenvalue weighted by Crippen LogP contribution is 2.49. The standard InChI is InChI=1S/C33H40O18/c1-15(34)44-13-23-26(46-17(3)36)27(47-18(4)37)28(48-19(5)38)32(49-23)51-31-24-22(11-12-43-31)25(29(39)33(24,41)14-45-16(2)35)50-30(40)20-7-9-21(42-6)10-8-20/h7-12,22-29,31-32,39,41H,13-14H2,1-6H3/t22-,23-,24-,25+,26-,27+,28-,29-,31-,32+,33+/m1/s1. The molecule has 0 radical (unpaired) electrons. The number of esters is 6. The van der Waals surface area contributed by atoms with Gasteiger partial charge < -0.3 is 57.6 Å². The summed E-state index contributed by atoms with van der Waals surface area (Å²) in [4.78, 5) is 73.4. The van der Waals surface area contributed by atoms with E-state index in [4.69, 9.17) is 47.4 Å². The molecule has 18 nitrogen and oxygen atoms in total. The lowest BCUT2D eigenvalue weighted by Gasteiger charge is -2.46. The van der Waals surface area contributed by atoms with Crippen molar-refractivity contribution >= 4 is 35.8 Å². The quantitative estimate of drug-likeness (QED) is 0.215. The van der Waals surface area contributed by atoms with Crippen LogP contribution >= 0.6 is 0 Å². The number of hydrogen-bond donors (Lipinski definition) is 2. The second kappa shape index (κ2) is 16.5. The maximum absolute atomic E-state index is 13.2. The number of aliphatic hydroxyl groups is 2. The summed E-state index contributed by atoms with van der Waals surface area (Å²) in [6.07, 6.45) is -10.3. The largest absolute Gasteiger partial charge is 0.497 e. The molecule has 11 atom stereocenters. The van der Waals surface area contributed by atoms with Gasteiger partial charge in [0.2, 0.25) is 12.6 Å². The summed E-state index contributed by atoms with van der Waals surface area (Å²) in [5.41, 5.74) is -2.30. The van der Waals surface area contributed by atoms with Gasteiger partial charge >= 0.3 is 35.8 Å². The fraction of sp³-hybridized carbons (Fsp3) is 0.576. The van der Waals surface area contributed by atoms with Crippen LogP contribution in [-0.4, -0.2) is 121 Å². The lowest BCUT2D eigenvalue weighted by molar-refractivity contribution is -0.350. The van der Waals surface area contributed by atoms with Gasteiger partial charge in [0.15, 0.2) is 18.3 Å². The average molecular weight is 725 g/mol. The molecule has 0 unspecified atom stereocenters. The van der Waals surface area contributed by atoms with Crippen molar-refractivity contribution in [2.24, 2.45) is 11.8 Å². The van der Waals surface area contributed by atoms with Crippen LogP contribution in [0.2, 0.25) is 0 Å². The summed E-state index contributed by atoms with van der Waals surface area (Å²) in [7, 11) is 1.45. The number of aliphatic hydroxyl groups excluding tert-OH is 1. The number of carbonyl (C=O) groups excluding carboxylic acids is 6. The van der Waals surface area contributed by atoms with Crippen molar-refractivity contribution in [1.82, 2.24) is 0 Å². The topological polar surface area (TPSA) is 235 Å². The highest BCUT2D eigenvalue weighted by Gasteiger charge is 2.66. The van der Waals surface area contributed by atoms with Crippen molar-refractivity contribution in [2.75, 3.05) is 20.3 Å². The van der Waals surface area contributed by atoms with E-state index >= 15 is 0 Å². The minimum atomic E-state index is -2.39. The number of carbonyl (C=O) groups is 6. The van der Waals surface area contributed by atoms with Crippen LogP contribution in [0, 0.1) is 11.8 Å². The first-order valence-corrected chi connectivity index (χ1v) is 15.7. The van der Waals surface area contributed by atoms with E-state index < -0.39 is 116 Å². The molecule has 280 valence electrons. The third-order valence-corrected chi connectivity index (χ3v) is 8.29. The van der Waals surface area contributed by atoms with Crippen LogP contribution in [0.15, 0.2) is 36.6 Å². The molecule has 2 heterocycles. The Labute approximate surface area is 291 Å². The lowest BCUT2D eigenvalue weighted by atomic mass is 9.83. The minimum absolute atomic E-state index is 0.0938. The summed E-state index contributed by atoms with van der Waals surface area (Å²) in [6.45, 7) is 3.97. The molecule has 0 spiro atoms. The number of ether oxygens (including phenoxy) is 10. The molecule has 1 aromatic carbocycles.